The van der Waals surface area contributed by atoms with E-state index in [0.29, 0.717) is 0 Å². The van der Waals surface area contributed by atoms with E-state index in [2.05, 4.69) is 163 Å². The van der Waals surface area contributed by atoms with Crippen LogP contribution in [0.25, 0.3) is 77.8 Å². The van der Waals surface area contributed by atoms with Crippen LogP contribution in [0.15, 0.2) is 222 Å². The number of hydrogen-bond acceptors (Lipinski definition) is 4. The van der Waals surface area contributed by atoms with Gasteiger partial charge in [-0.1, -0.05) is 158 Å². The molecule has 0 spiro atoms. The van der Waals surface area contributed by atoms with E-state index in [1.165, 1.54) is 0 Å². The van der Waals surface area contributed by atoms with Crippen molar-refractivity contribution in [3.8, 4) is 56.0 Å². The Morgan fingerprint density at radius 3 is 1.69 bits per heavy atom. The summed E-state index contributed by atoms with van der Waals surface area (Å²) in [6, 6.07) is 73.4. The second-order valence-electron chi connectivity index (χ2n) is 14.3. The van der Waals surface area contributed by atoms with E-state index in [1.807, 2.05) is 60.8 Å². The smallest absolute Gasteiger partial charge is 0.147 e. The number of nitrogens with zero attached hydrogens (tertiary/aromatic N) is 2. The number of hydrogen-bond donors (Lipinski definition) is 1. The molecule has 0 aliphatic carbocycles. The van der Waals surface area contributed by atoms with Crippen LogP contribution in [0, 0.1) is 0 Å². The Bertz CT molecular complexity index is 2990. The average Bonchev–Trinajstić information content (AvgIpc) is 3.71. The van der Waals surface area contributed by atoms with Crippen LogP contribution in [0.2, 0.25) is 0 Å². The predicted molar refractivity (Wildman–Crippen MR) is 242 cm³/mol. The number of furan rings is 1. The number of fused-ring (bicyclic) bond motifs is 3. The molecular formula is C54H37N3O. The van der Waals surface area contributed by atoms with Crippen molar-refractivity contribution in [1.29, 1.82) is 0 Å². The molecule has 0 atom stereocenters. The fourth-order valence-corrected chi connectivity index (χ4v) is 7.67. The molecule has 0 amide bonds. The summed E-state index contributed by atoms with van der Waals surface area (Å²) in [5, 5.41) is 5.46. The summed E-state index contributed by atoms with van der Waals surface area (Å²) < 4.78 is 7.22. The van der Waals surface area contributed by atoms with Crippen molar-refractivity contribution in [3.63, 3.8) is 0 Å². The Balaban J connectivity index is 1.17. The van der Waals surface area contributed by atoms with Crippen LogP contribution < -0.4 is 5.32 Å². The van der Waals surface area contributed by atoms with Gasteiger partial charge in [-0.2, -0.15) is 0 Å². The predicted octanol–water partition coefficient (Wildman–Crippen LogP) is 14.8. The summed E-state index contributed by atoms with van der Waals surface area (Å²) in [6.45, 7) is 0. The first-order valence-electron chi connectivity index (χ1n) is 19.5. The quantitative estimate of drug-likeness (QED) is 0.150. The number of anilines is 2. The molecule has 0 radical (unpaired) electrons. The van der Waals surface area contributed by atoms with Gasteiger partial charge in [-0.05, 0) is 88.0 Å². The average molecular weight is 744 g/mol. The van der Waals surface area contributed by atoms with Crippen LogP contribution in [-0.2, 0) is 0 Å². The third kappa shape index (κ3) is 6.84. The van der Waals surface area contributed by atoms with Gasteiger partial charge in [0.25, 0.3) is 0 Å². The summed E-state index contributed by atoms with van der Waals surface area (Å²) in [7, 11) is 0. The lowest BCUT2D eigenvalue weighted by Crippen LogP contribution is -1.91. The Morgan fingerprint density at radius 2 is 1.02 bits per heavy atom. The maximum Gasteiger partial charge on any atom is 0.147 e. The summed E-state index contributed by atoms with van der Waals surface area (Å²) >= 11 is 0. The zero-order valence-electron chi connectivity index (χ0n) is 31.6. The van der Waals surface area contributed by atoms with E-state index < -0.39 is 0 Å². The Kier molecular flexibility index (Phi) is 9.18. The van der Waals surface area contributed by atoms with Crippen LogP contribution in [0.4, 0.5) is 17.1 Å². The first kappa shape index (κ1) is 34.7. The molecular weight excluding hydrogens is 707 g/mol. The highest BCUT2D eigenvalue weighted by Gasteiger charge is 2.25. The van der Waals surface area contributed by atoms with E-state index in [4.69, 9.17) is 14.4 Å². The van der Waals surface area contributed by atoms with Gasteiger partial charge in [-0.3, -0.25) is 4.99 Å². The van der Waals surface area contributed by atoms with Crippen molar-refractivity contribution < 1.29 is 4.42 Å². The van der Waals surface area contributed by atoms with Gasteiger partial charge in [-0.15, -0.1) is 0 Å². The van der Waals surface area contributed by atoms with Gasteiger partial charge < -0.3 is 9.73 Å². The SMILES string of the molecule is C(=Nc1ccccc1Nc1ccccc1)c1ccc(-c2c(-c3cc(-c4ccccc4)cc(-c4ccccc4)c3)oc3c2c(-c2ccccc2)nc2ccccc23)cc1. The van der Waals surface area contributed by atoms with Gasteiger partial charge in [0.1, 0.15) is 11.3 Å². The van der Waals surface area contributed by atoms with Crippen LogP contribution in [0.3, 0.4) is 0 Å². The topological polar surface area (TPSA) is 50.4 Å². The number of benzene rings is 8. The van der Waals surface area contributed by atoms with Crippen LogP contribution in [-0.4, -0.2) is 11.2 Å². The third-order valence-corrected chi connectivity index (χ3v) is 10.5. The second kappa shape index (κ2) is 15.4. The van der Waals surface area contributed by atoms with Crippen molar-refractivity contribution in [2.75, 3.05) is 5.32 Å². The Labute approximate surface area is 337 Å². The van der Waals surface area contributed by atoms with Crippen LogP contribution >= 0.6 is 0 Å². The fraction of sp³-hybridized carbons (Fsp3) is 0. The molecule has 4 nitrogen and oxygen atoms in total. The van der Waals surface area contributed by atoms with E-state index >= 15 is 0 Å². The minimum Gasteiger partial charge on any atom is -0.455 e. The minimum atomic E-state index is 0.794. The lowest BCUT2D eigenvalue weighted by molar-refractivity contribution is 0.636. The van der Waals surface area contributed by atoms with Gasteiger partial charge in [-0.25, -0.2) is 4.98 Å². The van der Waals surface area contributed by atoms with Crippen LogP contribution in [0.5, 0.6) is 0 Å². The Morgan fingerprint density at radius 1 is 0.466 bits per heavy atom. The summed E-state index contributed by atoms with van der Waals surface area (Å²) in [5.41, 5.74) is 14.9. The maximum absolute atomic E-state index is 7.22. The third-order valence-electron chi connectivity index (χ3n) is 10.5. The van der Waals surface area contributed by atoms with Crippen molar-refractivity contribution in [2.45, 2.75) is 0 Å². The van der Waals surface area contributed by atoms with Gasteiger partial charge in [0, 0.05) is 34.0 Å². The molecule has 0 unspecified atom stereocenters. The Hall–Kier alpha value is -7.82. The molecule has 274 valence electrons. The van der Waals surface area contributed by atoms with Crippen molar-refractivity contribution in [3.05, 3.63) is 218 Å². The largest absolute Gasteiger partial charge is 0.455 e. The summed E-state index contributed by atoms with van der Waals surface area (Å²) in [4.78, 5) is 10.3. The second-order valence-corrected chi connectivity index (χ2v) is 14.3. The van der Waals surface area contributed by atoms with Crippen molar-refractivity contribution in [2.24, 2.45) is 4.99 Å². The van der Waals surface area contributed by atoms with Crippen molar-refractivity contribution >= 4 is 45.1 Å². The van der Waals surface area contributed by atoms with Crippen LogP contribution in [0.1, 0.15) is 5.56 Å². The van der Waals surface area contributed by atoms with Gasteiger partial charge in [0.2, 0.25) is 0 Å². The maximum atomic E-state index is 7.22. The molecule has 0 saturated heterocycles. The molecule has 0 aliphatic rings. The molecule has 2 aromatic heterocycles. The summed E-state index contributed by atoms with van der Waals surface area (Å²) in [6.07, 6.45) is 1.92. The first-order valence-corrected chi connectivity index (χ1v) is 19.5. The number of rotatable bonds is 9. The first-order chi connectivity index (χ1) is 28.7. The number of aromatic nitrogens is 1. The number of pyridine rings is 1. The van der Waals surface area contributed by atoms with E-state index in [1.54, 1.807) is 0 Å². The van der Waals surface area contributed by atoms with E-state index in [9.17, 15) is 0 Å². The zero-order chi connectivity index (χ0) is 38.7. The lowest BCUT2D eigenvalue weighted by Gasteiger charge is -2.12. The molecule has 2 heterocycles. The van der Waals surface area contributed by atoms with Gasteiger partial charge >= 0.3 is 0 Å². The number of para-hydroxylation sites is 4. The molecule has 8 aromatic carbocycles. The number of nitrogens with one attached hydrogen (secondary N) is 1. The monoisotopic (exact) mass is 743 g/mol. The fourth-order valence-electron chi connectivity index (χ4n) is 7.67. The molecule has 10 aromatic rings. The van der Waals surface area contributed by atoms with Gasteiger partial charge in [0.05, 0.1) is 28.0 Å². The molecule has 0 fully saturated rings. The van der Waals surface area contributed by atoms with Gasteiger partial charge in [0.15, 0.2) is 0 Å². The molecule has 4 heteroatoms. The molecule has 0 aliphatic heterocycles. The summed E-state index contributed by atoms with van der Waals surface area (Å²) in [5.74, 6) is 0.794. The van der Waals surface area contributed by atoms with E-state index in [0.717, 1.165) is 100 Å². The molecule has 10 rings (SSSR count). The standard InChI is InChI=1S/C54H37N3O/c1-5-17-38(18-6-1)42-33-43(39-19-7-2-8-20-39)35-44(34-42)53-50(51-52(41-21-9-3-10-22-41)57-47-26-14-13-25-46(47)54(51)58-53)40-31-29-37(30-32-40)36-55-48-27-15-16-28-49(48)56-45-23-11-4-12-24-45/h1-36,56H. The molecule has 1 N–H and O–H groups in total. The zero-order valence-corrected chi connectivity index (χ0v) is 31.6. The number of aliphatic imine (C=N–C) groups is 1. The minimum absolute atomic E-state index is 0.794. The highest BCUT2D eigenvalue weighted by molar-refractivity contribution is 6.17. The molecule has 0 saturated carbocycles. The normalized spacial score (nSPS) is 11.4. The lowest BCUT2D eigenvalue weighted by atomic mass is 9.91. The highest BCUT2D eigenvalue weighted by Crippen LogP contribution is 2.48. The van der Waals surface area contributed by atoms with E-state index in [-0.39, 0.29) is 0 Å². The molecule has 58 heavy (non-hydrogen) atoms. The van der Waals surface area contributed by atoms with Crippen molar-refractivity contribution in [1.82, 2.24) is 4.98 Å². The highest BCUT2D eigenvalue weighted by atomic mass is 16.3. The molecule has 0 bridgehead atoms.